The Morgan fingerprint density at radius 1 is 1.21 bits per heavy atom. The molecule has 1 N–H and O–H groups in total. The minimum atomic E-state index is -0.0147. The van der Waals surface area contributed by atoms with Crippen LogP contribution >= 0.6 is 0 Å². The molecule has 4 atom stereocenters. The average molecular weight is 196 g/mol. The normalized spacial score (nSPS) is 37.7. The topological polar surface area (TPSA) is 20.2 Å². The first-order valence-electron chi connectivity index (χ1n) is 6.47. The molecule has 1 nitrogen and oxygen atoms in total. The summed E-state index contributed by atoms with van der Waals surface area (Å²) in [4.78, 5) is 0. The summed E-state index contributed by atoms with van der Waals surface area (Å²) in [6, 6.07) is 0. The number of aliphatic hydroxyl groups excluding tert-OH is 1. The molecule has 0 aliphatic heterocycles. The van der Waals surface area contributed by atoms with Gasteiger partial charge in [-0.1, -0.05) is 19.8 Å². The average Bonchev–Trinajstić information content (AvgIpc) is 2.76. The second-order valence-electron chi connectivity index (χ2n) is 5.45. The Bertz CT molecular complexity index is 178. The second kappa shape index (κ2) is 4.65. The summed E-state index contributed by atoms with van der Waals surface area (Å²) in [5, 5.41) is 9.68. The van der Waals surface area contributed by atoms with Crippen molar-refractivity contribution >= 4 is 0 Å². The van der Waals surface area contributed by atoms with Gasteiger partial charge in [0.25, 0.3) is 0 Å². The van der Waals surface area contributed by atoms with E-state index in [0.717, 1.165) is 37.0 Å². The molecule has 14 heavy (non-hydrogen) atoms. The van der Waals surface area contributed by atoms with Crippen LogP contribution in [0, 0.1) is 17.8 Å². The molecule has 2 fully saturated rings. The van der Waals surface area contributed by atoms with Crippen LogP contribution in [0.5, 0.6) is 0 Å². The minimum Gasteiger partial charge on any atom is -0.393 e. The van der Waals surface area contributed by atoms with Gasteiger partial charge in [-0.05, 0) is 56.3 Å². The minimum absolute atomic E-state index is 0.0147. The second-order valence-corrected chi connectivity index (χ2v) is 5.45. The number of rotatable bonds is 5. The van der Waals surface area contributed by atoms with E-state index in [4.69, 9.17) is 0 Å². The third-order valence-corrected chi connectivity index (χ3v) is 4.38. The molecule has 0 amide bonds. The van der Waals surface area contributed by atoms with Gasteiger partial charge in [0.15, 0.2) is 0 Å². The highest BCUT2D eigenvalue weighted by Gasteiger charge is 2.38. The molecule has 4 unspecified atom stereocenters. The Balaban J connectivity index is 1.66. The van der Waals surface area contributed by atoms with Crippen LogP contribution in [0.15, 0.2) is 0 Å². The lowest BCUT2D eigenvalue weighted by molar-refractivity contribution is 0.137. The molecule has 0 radical (unpaired) electrons. The number of hydrogen-bond acceptors (Lipinski definition) is 1. The van der Waals surface area contributed by atoms with Crippen LogP contribution in [-0.2, 0) is 0 Å². The largest absolute Gasteiger partial charge is 0.393 e. The maximum Gasteiger partial charge on any atom is 0.0540 e. The van der Waals surface area contributed by atoms with Crippen molar-refractivity contribution in [3.63, 3.8) is 0 Å². The fraction of sp³-hybridized carbons (Fsp3) is 1.00. The van der Waals surface area contributed by atoms with E-state index in [2.05, 4.69) is 6.92 Å². The first kappa shape index (κ1) is 10.5. The first-order chi connectivity index (χ1) is 6.79. The quantitative estimate of drug-likeness (QED) is 0.715. The standard InChI is InChI=1S/C13H24O/c1-2-3-13(14)7-6-12-9-10-4-5-11(12)8-10/h10-14H,2-9H2,1H3. The molecular formula is C13H24O. The van der Waals surface area contributed by atoms with Gasteiger partial charge in [0.2, 0.25) is 0 Å². The highest BCUT2D eigenvalue weighted by molar-refractivity contribution is 4.89. The molecule has 2 rings (SSSR count). The zero-order valence-electron chi connectivity index (χ0n) is 9.41. The van der Waals surface area contributed by atoms with E-state index in [0.29, 0.717) is 0 Å². The zero-order chi connectivity index (χ0) is 9.97. The van der Waals surface area contributed by atoms with Crippen LogP contribution in [0.4, 0.5) is 0 Å². The van der Waals surface area contributed by atoms with Gasteiger partial charge in [-0.2, -0.15) is 0 Å². The van der Waals surface area contributed by atoms with E-state index < -0.39 is 0 Å². The lowest BCUT2D eigenvalue weighted by Crippen LogP contribution is -2.14. The third-order valence-electron chi connectivity index (χ3n) is 4.38. The molecular weight excluding hydrogens is 172 g/mol. The maximum atomic E-state index is 9.68. The molecule has 82 valence electrons. The molecule has 0 aromatic heterocycles. The Kier molecular flexibility index (Phi) is 3.48. The van der Waals surface area contributed by atoms with Gasteiger partial charge < -0.3 is 5.11 Å². The summed E-state index contributed by atoms with van der Waals surface area (Å²) in [7, 11) is 0. The van der Waals surface area contributed by atoms with Crippen LogP contribution < -0.4 is 0 Å². The summed E-state index contributed by atoms with van der Waals surface area (Å²) < 4.78 is 0. The lowest BCUT2D eigenvalue weighted by atomic mass is 9.84. The molecule has 0 heterocycles. The van der Waals surface area contributed by atoms with Gasteiger partial charge in [-0.25, -0.2) is 0 Å². The summed E-state index contributed by atoms with van der Waals surface area (Å²) in [5.74, 6) is 3.07. The number of aliphatic hydroxyl groups is 1. The molecule has 0 saturated heterocycles. The maximum absolute atomic E-state index is 9.68. The fourth-order valence-electron chi connectivity index (χ4n) is 3.61. The van der Waals surface area contributed by atoms with E-state index in [1.54, 1.807) is 0 Å². The molecule has 2 aliphatic carbocycles. The van der Waals surface area contributed by atoms with Crippen molar-refractivity contribution in [2.24, 2.45) is 17.8 Å². The van der Waals surface area contributed by atoms with E-state index in [-0.39, 0.29) is 6.10 Å². The smallest absolute Gasteiger partial charge is 0.0540 e. The summed E-state index contributed by atoms with van der Waals surface area (Å²) in [6.45, 7) is 2.15. The molecule has 0 aromatic carbocycles. The van der Waals surface area contributed by atoms with E-state index in [1.807, 2.05) is 0 Å². The molecule has 2 bridgehead atoms. The van der Waals surface area contributed by atoms with Gasteiger partial charge in [-0.3, -0.25) is 0 Å². The molecule has 0 spiro atoms. The van der Waals surface area contributed by atoms with Gasteiger partial charge >= 0.3 is 0 Å². The number of fused-ring (bicyclic) bond motifs is 2. The van der Waals surface area contributed by atoms with Crippen LogP contribution in [0.25, 0.3) is 0 Å². The van der Waals surface area contributed by atoms with Gasteiger partial charge in [-0.15, -0.1) is 0 Å². The molecule has 1 heteroatoms. The van der Waals surface area contributed by atoms with Crippen LogP contribution in [0.1, 0.15) is 58.3 Å². The highest BCUT2D eigenvalue weighted by Crippen LogP contribution is 2.49. The lowest BCUT2D eigenvalue weighted by Gasteiger charge is -2.22. The number of hydrogen-bond donors (Lipinski definition) is 1. The first-order valence-corrected chi connectivity index (χ1v) is 6.47. The van der Waals surface area contributed by atoms with Gasteiger partial charge in [0.05, 0.1) is 6.10 Å². The predicted octanol–water partition coefficient (Wildman–Crippen LogP) is 3.36. The summed E-state index contributed by atoms with van der Waals surface area (Å²) in [6.07, 6.45) is 10.4. The van der Waals surface area contributed by atoms with Gasteiger partial charge in [0.1, 0.15) is 0 Å². The Morgan fingerprint density at radius 2 is 2.07 bits per heavy atom. The van der Waals surface area contributed by atoms with E-state index in [9.17, 15) is 5.11 Å². The van der Waals surface area contributed by atoms with Crippen LogP contribution in [-0.4, -0.2) is 11.2 Å². The van der Waals surface area contributed by atoms with Crippen molar-refractivity contribution in [2.75, 3.05) is 0 Å². The van der Waals surface area contributed by atoms with Crippen LogP contribution in [0.3, 0.4) is 0 Å². The van der Waals surface area contributed by atoms with Crippen molar-refractivity contribution in [2.45, 2.75) is 64.4 Å². The van der Waals surface area contributed by atoms with Crippen molar-refractivity contribution in [3.8, 4) is 0 Å². The highest BCUT2D eigenvalue weighted by atomic mass is 16.3. The molecule has 2 saturated carbocycles. The van der Waals surface area contributed by atoms with E-state index >= 15 is 0 Å². The summed E-state index contributed by atoms with van der Waals surface area (Å²) >= 11 is 0. The zero-order valence-corrected chi connectivity index (χ0v) is 9.41. The van der Waals surface area contributed by atoms with Crippen molar-refractivity contribution in [1.82, 2.24) is 0 Å². The summed E-state index contributed by atoms with van der Waals surface area (Å²) in [5.41, 5.74) is 0. The Morgan fingerprint density at radius 3 is 2.64 bits per heavy atom. The van der Waals surface area contributed by atoms with Crippen LogP contribution in [0.2, 0.25) is 0 Å². The fourth-order valence-corrected chi connectivity index (χ4v) is 3.61. The third kappa shape index (κ3) is 2.31. The van der Waals surface area contributed by atoms with Crippen molar-refractivity contribution < 1.29 is 5.11 Å². The predicted molar refractivity (Wildman–Crippen MR) is 59.1 cm³/mol. The molecule has 0 aromatic rings. The van der Waals surface area contributed by atoms with Crippen molar-refractivity contribution in [1.29, 1.82) is 0 Å². The van der Waals surface area contributed by atoms with E-state index in [1.165, 1.54) is 32.1 Å². The van der Waals surface area contributed by atoms with Gasteiger partial charge in [0, 0.05) is 0 Å². The molecule has 2 aliphatic rings. The monoisotopic (exact) mass is 196 g/mol. The Hall–Kier alpha value is -0.0400. The Labute approximate surface area is 87.9 Å². The van der Waals surface area contributed by atoms with Crippen molar-refractivity contribution in [3.05, 3.63) is 0 Å². The SMILES string of the molecule is CCCC(O)CCC1CC2CCC1C2.